The number of hydrogen-bond acceptors (Lipinski definition) is 3. The number of amides is 1. The van der Waals surface area contributed by atoms with E-state index in [1.165, 1.54) is 0 Å². The van der Waals surface area contributed by atoms with Gasteiger partial charge < -0.3 is 15.8 Å². The van der Waals surface area contributed by atoms with Gasteiger partial charge in [0.1, 0.15) is 0 Å². The maximum absolute atomic E-state index is 12.0. The Morgan fingerprint density at radius 2 is 1.76 bits per heavy atom. The topological polar surface area (TPSA) is 64.4 Å². The van der Waals surface area contributed by atoms with Crippen molar-refractivity contribution in [1.29, 1.82) is 0 Å². The van der Waals surface area contributed by atoms with Crippen molar-refractivity contribution in [3.8, 4) is 0 Å². The van der Waals surface area contributed by atoms with Gasteiger partial charge in [0.25, 0.3) is 0 Å². The number of rotatable bonds is 3. The van der Waals surface area contributed by atoms with Crippen molar-refractivity contribution in [2.24, 2.45) is 17.6 Å². The van der Waals surface area contributed by atoms with Crippen LogP contribution >= 0.6 is 0 Å². The average Bonchev–Trinajstić information content (AvgIpc) is 2.38. The predicted molar refractivity (Wildman–Crippen MR) is 66.5 cm³/mol. The van der Waals surface area contributed by atoms with E-state index in [2.05, 4.69) is 5.32 Å². The van der Waals surface area contributed by atoms with Crippen LogP contribution in [0.3, 0.4) is 0 Å². The molecular weight excluding hydrogens is 216 g/mol. The molecule has 0 aromatic heterocycles. The predicted octanol–water partition coefficient (Wildman–Crippen LogP) is 1.05. The van der Waals surface area contributed by atoms with E-state index < -0.39 is 0 Å². The quantitative estimate of drug-likeness (QED) is 0.775. The molecule has 0 bridgehead atoms. The number of hydrogen-bond donors (Lipinski definition) is 2. The van der Waals surface area contributed by atoms with Gasteiger partial charge in [0.15, 0.2) is 0 Å². The molecule has 0 aromatic rings. The SMILES string of the molecule is NC1CCC(C(=O)NCC2CCOCC2)CC1. The Bertz CT molecular complexity index is 244. The molecule has 2 fully saturated rings. The minimum absolute atomic E-state index is 0.203. The first-order valence-corrected chi connectivity index (χ1v) is 6.86. The number of carbonyl (C=O) groups excluding carboxylic acids is 1. The van der Waals surface area contributed by atoms with Gasteiger partial charge >= 0.3 is 0 Å². The molecule has 0 spiro atoms. The fraction of sp³-hybridized carbons (Fsp3) is 0.923. The summed E-state index contributed by atoms with van der Waals surface area (Å²) in [5, 5.41) is 3.10. The van der Waals surface area contributed by atoms with Crippen LogP contribution < -0.4 is 11.1 Å². The second kappa shape index (κ2) is 6.36. The summed E-state index contributed by atoms with van der Waals surface area (Å²) in [5.74, 6) is 1.05. The molecule has 2 aliphatic rings. The second-order valence-electron chi connectivity index (χ2n) is 5.41. The molecule has 0 unspecified atom stereocenters. The lowest BCUT2D eigenvalue weighted by Gasteiger charge is -2.27. The Balaban J connectivity index is 1.66. The van der Waals surface area contributed by atoms with E-state index in [4.69, 9.17) is 10.5 Å². The molecule has 1 aliphatic heterocycles. The van der Waals surface area contributed by atoms with Gasteiger partial charge in [-0.3, -0.25) is 4.79 Å². The Hall–Kier alpha value is -0.610. The summed E-state index contributed by atoms with van der Waals surface area (Å²) in [5.41, 5.74) is 5.84. The van der Waals surface area contributed by atoms with Gasteiger partial charge in [-0.15, -0.1) is 0 Å². The normalized spacial score (nSPS) is 31.1. The molecule has 1 saturated carbocycles. The third-order valence-corrected chi connectivity index (χ3v) is 4.05. The molecule has 2 rings (SSSR count). The Morgan fingerprint density at radius 1 is 1.12 bits per heavy atom. The number of nitrogens with two attached hydrogens (primary N) is 1. The summed E-state index contributed by atoms with van der Waals surface area (Å²) in [4.78, 5) is 12.0. The maximum atomic E-state index is 12.0. The minimum atomic E-state index is 0.203. The van der Waals surface area contributed by atoms with Crippen molar-refractivity contribution in [2.75, 3.05) is 19.8 Å². The van der Waals surface area contributed by atoms with Crippen LogP contribution in [-0.4, -0.2) is 31.7 Å². The fourth-order valence-corrected chi connectivity index (χ4v) is 2.72. The van der Waals surface area contributed by atoms with Crippen LogP contribution in [0.1, 0.15) is 38.5 Å². The molecule has 4 heteroatoms. The maximum Gasteiger partial charge on any atom is 0.223 e. The van der Waals surface area contributed by atoms with Crippen LogP contribution in [0.4, 0.5) is 0 Å². The van der Waals surface area contributed by atoms with Gasteiger partial charge in [0, 0.05) is 31.7 Å². The van der Waals surface area contributed by atoms with Crippen LogP contribution in [0.25, 0.3) is 0 Å². The highest BCUT2D eigenvalue weighted by Crippen LogP contribution is 2.23. The van der Waals surface area contributed by atoms with Gasteiger partial charge in [-0.05, 0) is 44.4 Å². The highest BCUT2D eigenvalue weighted by Gasteiger charge is 2.25. The lowest BCUT2D eigenvalue weighted by molar-refractivity contribution is -0.126. The van der Waals surface area contributed by atoms with Crippen LogP contribution in [0.15, 0.2) is 0 Å². The highest BCUT2D eigenvalue weighted by molar-refractivity contribution is 5.78. The van der Waals surface area contributed by atoms with Gasteiger partial charge in [0.2, 0.25) is 5.91 Å². The molecule has 1 aliphatic carbocycles. The number of ether oxygens (including phenoxy) is 1. The van der Waals surface area contributed by atoms with E-state index in [-0.39, 0.29) is 11.8 Å². The molecule has 17 heavy (non-hydrogen) atoms. The fourth-order valence-electron chi connectivity index (χ4n) is 2.72. The summed E-state index contributed by atoms with van der Waals surface area (Å²) < 4.78 is 5.31. The first-order chi connectivity index (χ1) is 8.25. The van der Waals surface area contributed by atoms with Crippen molar-refractivity contribution in [2.45, 2.75) is 44.6 Å². The van der Waals surface area contributed by atoms with Crippen molar-refractivity contribution in [3.05, 3.63) is 0 Å². The molecule has 0 atom stereocenters. The summed E-state index contributed by atoms with van der Waals surface area (Å²) >= 11 is 0. The van der Waals surface area contributed by atoms with Crippen LogP contribution in [0.5, 0.6) is 0 Å². The van der Waals surface area contributed by atoms with Crippen LogP contribution in [-0.2, 0) is 9.53 Å². The third-order valence-electron chi connectivity index (χ3n) is 4.05. The smallest absolute Gasteiger partial charge is 0.223 e. The number of carbonyl (C=O) groups is 1. The molecule has 3 N–H and O–H groups in total. The molecule has 0 aromatic carbocycles. The average molecular weight is 240 g/mol. The third kappa shape index (κ3) is 3.96. The Kier molecular flexibility index (Phi) is 4.80. The highest BCUT2D eigenvalue weighted by atomic mass is 16.5. The lowest BCUT2D eigenvalue weighted by atomic mass is 9.86. The standard InChI is InChI=1S/C13H24N2O2/c14-12-3-1-11(2-4-12)13(16)15-9-10-5-7-17-8-6-10/h10-12H,1-9,14H2,(H,15,16). The van der Waals surface area contributed by atoms with E-state index in [9.17, 15) is 4.79 Å². The zero-order valence-corrected chi connectivity index (χ0v) is 10.5. The first-order valence-electron chi connectivity index (χ1n) is 6.86. The molecule has 1 saturated heterocycles. The van der Waals surface area contributed by atoms with E-state index in [1.54, 1.807) is 0 Å². The van der Waals surface area contributed by atoms with E-state index in [0.717, 1.165) is 58.3 Å². The van der Waals surface area contributed by atoms with Crippen molar-refractivity contribution in [1.82, 2.24) is 5.32 Å². The minimum Gasteiger partial charge on any atom is -0.381 e. The van der Waals surface area contributed by atoms with E-state index in [0.29, 0.717) is 12.0 Å². The summed E-state index contributed by atoms with van der Waals surface area (Å²) in [6.07, 6.45) is 6.07. The number of nitrogens with one attached hydrogen (secondary N) is 1. The second-order valence-corrected chi connectivity index (χ2v) is 5.41. The van der Waals surface area contributed by atoms with Gasteiger partial charge in [-0.2, -0.15) is 0 Å². The van der Waals surface area contributed by atoms with Crippen molar-refractivity contribution >= 4 is 5.91 Å². The van der Waals surface area contributed by atoms with E-state index >= 15 is 0 Å². The summed E-state index contributed by atoms with van der Waals surface area (Å²) in [7, 11) is 0. The zero-order chi connectivity index (χ0) is 12.1. The largest absolute Gasteiger partial charge is 0.381 e. The van der Waals surface area contributed by atoms with Crippen LogP contribution in [0.2, 0.25) is 0 Å². The van der Waals surface area contributed by atoms with Crippen molar-refractivity contribution in [3.63, 3.8) is 0 Å². The Labute approximate surface area is 103 Å². The lowest BCUT2D eigenvalue weighted by Crippen LogP contribution is -2.39. The van der Waals surface area contributed by atoms with E-state index in [1.807, 2.05) is 0 Å². The van der Waals surface area contributed by atoms with Gasteiger partial charge in [0.05, 0.1) is 0 Å². The van der Waals surface area contributed by atoms with Gasteiger partial charge in [-0.1, -0.05) is 0 Å². The molecule has 0 radical (unpaired) electrons. The van der Waals surface area contributed by atoms with Crippen molar-refractivity contribution < 1.29 is 9.53 Å². The molecular formula is C13H24N2O2. The first kappa shape index (κ1) is 12.8. The molecule has 4 nitrogen and oxygen atoms in total. The molecule has 98 valence electrons. The van der Waals surface area contributed by atoms with Crippen LogP contribution in [0, 0.1) is 11.8 Å². The molecule has 1 amide bonds. The molecule has 1 heterocycles. The summed E-state index contributed by atoms with van der Waals surface area (Å²) in [6.45, 7) is 2.52. The monoisotopic (exact) mass is 240 g/mol. The zero-order valence-electron chi connectivity index (χ0n) is 10.5. The Morgan fingerprint density at radius 3 is 2.41 bits per heavy atom. The van der Waals surface area contributed by atoms with Gasteiger partial charge in [-0.25, -0.2) is 0 Å². The summed E-state index contributed by atoms with van der Waals surface area (Å²) in [6, 6.07) is 0.314.